The lowest BCUT2D eigenvalue weighted by atomic mass is 9.94. The smallest absolute Gasteiger partial charge is 0.407 e. The number of esters is 1. The Morgan fingerprint density at radius 3 is 2.68 bits per heavy atom. The summed E-state index contributed by atoms with van der Waals surface area (Å²) in [6.07, 6.45) is 1.60. The maximum Gasteiger partial charge on any atom is 0.407 e. The monoisotopic (exact) mass is 430 g/mol. The van der Waals surface area contributed by atoms with Gasteiger partial charge in [0.1, 0.15) is 23.1 Å². The van der Waals surface area contributed by atoms with Crippen LogP contribution in [0.1, 0.15) is 32.8 Å². The normalized spacial score (nSPS) is 18.9. The first-order valence-corrected chi connectivity index (χ1v) is 10.2. The Morgan fingerprint density at radius 2 is 2.03 bits per heavy atom. The Kier molecular flexibility index (Phi) is 6.67. The van der Waals surface area contributed by atoms with Gasteiger partial charge in [0.05, 0.1) is 25.3 Å². The Hall–Kier alpha value is -3.30. The van der Waals surface area contributed by atoms with E-state index in [0.717, 1.165) is 11.4 Å². The summed E-state index contributed by atoms with van der Waals surface area (Å²) in [5, 5.41) is 12.8. The van der Waals surface area contributed by atoms with E-state index in [0.29, 0.717) is 31.1 Å². The number of carbonyl (C=O) groups is 2. The van der Waals surface area contributed by atoms with Gasteiger partial charge >= 0.3 is 12.1 Å². The van der Waals surface area contributed by atoms with Gasteiger partial charge in [-0.25, -0.2) is 9.78 Å². The van der Waals surface area contributed by atoms with Crippen molar-refractivity contribution in [3.8, 4) is 0 Å². The second kappa shape index (κ2) is 9.23. The molecule has 1 aliphatic rings. The van der Waals surface area contributed by atoms with Gasteiger partial charge in [-0.15, -0.1) is 0 Å². The van der Waals surface area contributed by atoms with Crippen LogP contribution in [0.2, 0.25) is 0 Å². The van der Waals surface area contributed by atoms with E-state index in [1.807, 2.05) is 44.7 Å². The molecule has 0 aliphatic carbocycles. The van der Waals surface area contributed by atoms with Crippen LogP contribution in [0.15, 0.2) is 24.4 Å². The molecule has 0 bridgehead atoms. The van der Waals surface area contributed by atoms with Crippen LogP contribution in [-0.4, -0.2) is 59.1 Å². The average Bonchev–Trinajstić information content (AvgIpc) is 3.18. The summed E-state index contributed by atoms with van der Waals surface area (Å²) in [5.41, 5.74) is 0.398. The maximum atomic E-state index is 12.3. The molecule has 3 heterocycles. The highest BCUT2D eigenvalue weighted by Crippen LogP contribution is 2.26. The number of piperidine rings is 1. The van der Waals surface area contributed by atoms with Crippen molar-refractivity contribution in [2.24, 2.45) is 5.92 Å². The van der Waals surface area contributed by atoms with E-state index in [4.69, 9.17) is 14.5 Å². The number of pyridine rings is 1. The number of aromatic nitrogens is 3. The largest absolute Gasteiger partial charge is 0.469 e. The molecule has 1 fully saturated rings. The number of alkyl carbamates (subject to hydrolysis) is 1. The third-order valence-electron chi connectivity index (χ3n) is 4.75. The Bertz CT molecular complexity index is 909. The topological polar surface area (TPSA) is 121 Å². The van der Waals surface area contributed by atoms with Crippen molar-refractivity contribution in [2.75, 3.05) is 30.4 Å². The fraction of sp³-hybridized carbons (Fsp3) is 0.524. The Morgan fingerprint density at radius 1 is 1.26 bits per heavy atom. The van der Waals surface area contributed by atoms with Crippen LogP contribution in [0, 0.1) is 12.8 Å². The number of H-pyrrole nitrogens is 1. The number of hydrogen-bond donors (Lipinski definition) is 3. The molecule has 31 heavy (non-hydrogen) atoms. The number of methoxy groups -OCH3 is 1. The third-order valence-corrected chi connectivity index (χ3v) is 4.75. The Labute approximate surface area is 181 Å². The van der Waals surface area contributed by atoms with Crippen molar-refractivity contribution >= 4 is 29.5 Å². The van der Waals surface area contributed by atoms with Crippen molar-refractivity contribution in [2.45, 2.75) is 45.8 Å². The zero-order chi connectivity index (χ0) is 22.6. The van der Waals surface area contributed by atoms with Gasteiger partial charge in [0.2, 0.25) is 0 Å². The predicted molar refractivity (Wildman–Crippen MR) is 116 cm³/mol. The number of aromatic amines is 1. The van der Waals surface area contributed by atoms with E-state index in [-0.39, 0.29) is 12.0 Å². The van der Waals surface area contributed by atoms with Crippen LogP contribution in [0.3, 0.4) is 0 Å². The fourth-order valence-electron chi connectivity index (χ4n) is 3.54. The number of rotatable bonds is 5. The van der Waals surface area contributed by atoms with Crippen molar-refractivity contribution in [1.29, 1.82) is 0 Å². The highest BCUT2D eigenvalue weighted by atomic mass is 16.6. The number of ether oxygens (including phenoxy) is 2. The van der Waals surface area contributed by atoms with Crippen molar-refractivity contribution in [3.05, 3.63) is 30.0 Å². The van der Waals surface area contributed by atoms with Gasteiger partial charge in [0, 0.05) is 19.2 Å². The summed E-state index contributed by atoms with van der Waals surface area (Å²) >= 11 is 0. The minimum absolute atomic E-state index is 0.293. The summed E-state index contributed by atoms with van der Waals surface area (Å²) in [5.74, 6) is 1.36. The molecule has 1 saturated heterocycles. The zero-order valence-electron chi connectivity index (χ0n) is 18.6. The molecule has 2 unspecified atom stereocenters. The van der Waals surface area contributed by atoms with Crippen LogP contribution >= 0.6 is 0 Å². The van der Waals surface area contributed by atoms with Crippen molar-refractivity contribution in [3.63, 3.8) is 0 Å². The van der Waals surface area contributed by atoms with Gasteiger partial charge in [-0.2, -0.15) is 5.10 Å². The molecule has 10 heteroatoms. The lowest BCUT2D eigenvalue weighted by Gasteiger charge is -2.38. The predicted octanol–water partition coefficient (Wildman–Crippen LogP) is 2.75. The van der Waals surface area contributed by atoms with E-state index in [2.05, 4.69) is 20.8 Å². The third kappa shape index (κ3) is 6.34. The van der Waals surface area contributed by atoms with Crippen molar-refractivity contribution < 1.29 is 19.1 Å². The summed E-state index contributed by atoms with van der Waals surface area (Å²) in [4.78, 5) is 31.3. The zero-order valence-corrected chi connectivity index (χ0v) is 18.6. The molecule has 0 aromatic carbocycles. The fourth-order valence-corrected chi connectivity index (χ4v) is 3.54. The summed E-state index contributed by atoms with van der Waals surface area (Å²) in [6, 6.07) is 5.38. The minimum atomic E-state index is -0.606. The molecular formula is C21H30N6O4. The molecule has 0 saturated carbocycles. The molecule has 3 rings (SSSR count). The summed E-state index contributed by atoms with van der Waals surface area (Å²) in [7, 11) is 1.37. The lowest BCUT2D eigenvalue weighted by Crippen LogP contribution is -2.53. The minimum Gasteiger partial charge on any atom is -0.469 e. The molecule has 1 aliphatic heterocycles. The average molecular weight is 431 g/mol. The first-order chi connectivity index (χ1) is 14.6. The number of aryl methyl sites for hydroxylation is 1. The molecule has 1 amide bonds. The Balaban J connectivity index is 1.80. The van der Waals surface area contributed by atoms with Gasteiger partial charge in [-0.3, -0.25) is 9.89 Å². The highest BCUT2D eigenvalue weighted by Gasteiger charge is 2.34. The molecule has 2 aromatic heterocycles. The molecule has 10 nitrogen and oxygen atoms in total. The standard InChI is InChI=1S/C21H30N6O4/c1-13-8-17(24-16-6-7-22-26-16)25-18(9-13)27-11-14(19(28)30-5)10-15(12-27)23-20(29)31-21(2,3)4/h6-9,14-15H,10-12H2,1-5H3,(H,23,29)(H2,22,24,25,26). The quantitative estimate of drug-likeness (QED) is 0.619. The molecule has 168 valence electrons. The molecule has 0 radical (unpaired) electrons. The first-order valence-electron chi connectivity index (χ1n) is 10.2. The van der Waals surface area contributed by atoms with E-state index in [1.165, 1.54) is 7.11 Å². The van der Waals surface area contributed by atoms with Gasteiger partial charge in [-0.1, -0.05) is 0 Å². The van der Waals surface area contributed by atoms with Crippen LogP contribution < -0.4 is 15.5 Å². The molecule has 2 atom stereocenters. The molecule has 3 N–H and O–H groups in total. The first kappa shape index (κ1) is 22.4. The van der Waals surface area contributed by atoms with Crippen LogP contribution in [0.4, 0.5) is 22.2 Å². The van der Waals surface area contributed by atoms with Gasteiger partial charge < -0.3 is 25.0 Å². The summed E-state index contributed by atoms with van der Waals surface area (Å²) in [6.45, 7) is 8.33. The number of hydrogen-bond acceptors (Lipinski definition) is 8. The molecule has 0 spiro atoms. The number of carbonyl (C=O) groups excluding carboxylic acids is 2. The number of nitrogens with one attached hydrogen (secondary N) is 3. The van der Waals surface area contributed by atoms with Crippen LogP contribution in [0.5, 0.6) is 0 Å². The number of amides is 1. The second-order valence-electron chi connectivity index (χ2n) is 8.69. The maximum absolute atomic E-state index is 12.3. The van der Waals surface area contributed by atoms with E-state index in [1.54, 1.807) is 12.3 Å². The SMILES string of the molecule is COC(=O)C1CC(NC(=O)OC(C)(C)C)CN(c2cc(C)cc(Nc3ccn[nH]3)n2)C1. The number of nitrogens with zero attached hydrogens (tertiary/aromatic N) is 3. The van der Waals surface area contributed by atoms with Crippen LogP contribution in [0.25, 0.3) is 0 Å². The van der Waals surface area contributed by atoms with E-state index < -0.39 is 17.6 Å². The second-order valence-corrected chi connectivity index (χ2v) is 8.69. The molecule has 2 aromatic rings. The van der Waals surface area contributed by atoms with Crippen molar-refractivity contribution in [1.82, 2.24) is 20.5 Å². The van der Waals surface area contributed by atoms with E-state index >= 15 is 0 Å². The van der Waals surface area contributed by atoms with E-state index in [9.17, 15) is 9.59 Å². The lowest BCUT2D eigenvalue weighted by molar-refractivity contribution is -0.145. The van der Waals surface area contributed by atoms with Gasteiger partial charge in [-0.05, 0) is 51.8 Å². The highest BCUT2D eigenvalue weighted by molar-refractivity contribution is 5.74. The summed E-state index contributed by atoms with van der Waals surface area (Å²) < 4.78 is 10.4. The van der Waals surface area contributed by atoms with Gasteiger partial charge in [0.15, 0.2) is 0 Å². The van der Waals surface area contributed by atoms with Crippen LogP contribution in [-0.2, 0) is 14.3 Å². The number of anilines is 3. The van der Waals surface area contributed by atoms with Gasteiger partial charge in [0.25, 0.3) is 0 Å². The molecular weight excluding hydrogens is 400 g/mol.